The minimum Gasteiger partial charge on any atom is -0.295 e. The Kier molecular flexibility index (Phi) is 3.78. The van der Waals surface area contributed by atoms with Gasteiger partial charge in [-0.1, -0.05) is 19.1 Å². The maximum Gasteiger partial charge on any atom is 0.243 e. The molecule has 0 aromatic heterocycles. The second kappa shape index (κ2) is 5.06. The summed E-state index contributed by atoms with van der Waals surface area (Å²) < 4.78 is 26.6. The Labute approximate surface area is 114 Å². The van der Waals surface area contributed by atoms with Crippen molar-refractivity contribution in [2.45, 2.75) is 38.1 Å². The molecule has 0 aliphatic carbocycles. The number of carbonyl (C=O) groups is 1. The van der Waals surface area contributed by atoms with Crippen LogP contribution in [0.15, 0.2) is 29.2 Å². The molecule has 0 radical (unpaired) electrons. The van der Waals surface area contributed by atoms with Crippen LogP contribution >= 0.6 is 0 Å². The van der Waals surface area contributed by atoms with Crippen molar-refractivity contribution in [2.24, 2.45) is 5.92 Å². The second-order valence-corrected chi connectivity index (χ2v) is 7.24. The summed E-state index contributed by atoms with van der Waals surface area (Å²) in [5.74, 6) is 0.327. The molecule has 0 amide bonds. The summed E-state index contributed by atoms with van der Waals surface area (Å²) in [4.78, 5) is 11.5. The normalized spacial score (nSPS) is 24.6. The number of nitrogens with zero attached hydrogens (tertiary/aromatic N) is 1. The molecule has 0 spiro atoms. The molecule has 1 aromatic carbocycles. The average molecular weight is 281 g/mol. The average Bonchev–Trinajstić information content (AvgIpc) is 2.69. The fraction of sp³-hybridized carbons (Fsp3) is 0.500. The lowest BCUT2D eigenvalue weighted by Gasteiger charge is -2.21. The fourth-order valence-electron chi connectivity index (χ4n) is 2.59. The maximum absolute atomic E-state index is 12.5. The summed E-state index contributed by atoms with van der Waals surface area (Å²) in [5, 5.41) is 0. The van der Waals surface area contributed by atoms with Crippen LogP contribution in [0.1, 0.15) is 37.6 Å². The van der Waals surface area contributed by atoms with E-state index in [1.165, 1.54) is 19.1 Å². The SMILES string of the molecule is CC(=O)c1ccc(S(=O)(=O)N2CC(C)CC2C)cc1. The van der Waals surface area contributed by atoms with E-state index in [1.54, 1.807) is 16.4 Å². The van der Waals surface area contributed by atoms with Crippen molar-refractivity contribution in [3.05, 3.63) is 29.8 Å². The summed E-state index contributed by atoms with van der Waals surface area (Å²) in [6.07, 6.45) is 0.894. The quantitative estimate of drug-likeness (QED) is 0.799. The molecule has 2 rings (SSSR count). The number of sulfonamides is 1. The van der Waals surface area contributed by atoms with Gasteiger partial charge in [0.2, 0.25) is 10.0 Å². The van der Waals surface area contributed by atoms with Crippen LogP contribution in [-0.2, 0) is 10.0 Å². The highest BCUT2D eigenvalue weighted by molar-refractivity contribution is 7.89. The highest BCUT2D eigenvalue weighted by Crippen LogP contribution is 2.29. The Balaban J connectivity index is 2.32. The number of ketones is 1. The van der Waals surface area contributed by atoms with Crippen molar-refractivity contribution in [2.75, 3.05) is 6.54 Å². The van der Waals surface area contributed by atoms with E-state index in [-0.39, 0.29) is 16.7 Å². The van der Waals surface area contributed by atoms with Gasteiger partial charge < -0.3 is 0 Å². The molecule has 1 saturated heterocycles. The van der Waals surface area contributed by atoms with Gasteiger partial charge in [0.25, 0.3) is 0 Å². The number of Topliss-reactive ketones (excluding diaryl/α,β-unsaturated/α-hetero) is 1. The summed E-state index contributed by atoms with van der Waals surface area (Å²) in [5.41, 5.74) is 0.529. The van der Waals surface area contributed by atoms with E-state index in [4.69, 9.17) is 0 Å². The van der Waals surface area contributed by atoms with Crippen LogP contribution in [0.3, 0.4) is 0 Å². The highest BCUT2D eigenvalue weighted by atomic mass is 32.2. The van der Waals surface area contributed by atoms with Crippen LogP contribution < -0.4 is 0 Å². The van der Waals surface area contributed by atoms with Crippen LogP contribution in [0.5, 0.6) is 0 Å². The Bertz CT molecular complexity index is 577. The van der Waals surface area contributed by atoms with E-state index in [9.17, 15) is 13.2 Å². The first-order valence-corrected chi connectivity index (χ1v) is 7.89. The van der Waals surface area contributed by atoms with E-state index in [1.807, 2.05) is 6.92 Å². The molecule has 2 unspecified atom stereocenters. The summed E-state index contributed by atoms with van der Waals surface area (Å²) in [7, 11) is -3.44. The largest absolute Gasteiger partial charge is 0.295 e. The van der Waals surface area contributed by atoms with Crippen molar-refractivity contribution in [3.8, 4) is 0 Å². The highest BCUT2D eigenvalue weighted by Gasteiger charge is 2.35. The van der Waals surface area contributed by atoms with Crippen LogP contribution in [-0.4, -0.2) is 31.1 Å². The summed E-state index contributed by atoms with van der Waals surface area (Å²) >= 11 is 0. The Morgan fingerprint density at radius 1 is 1.21 bits per heavy atom. The molecule has 0 N–H and O–H groups in total. The molecule has 0 bridgehead atoms. The number of hydrogen-bond acceptors (Lipinski definition) is 3. The van der Waals surface area contributed by atoms with Crippen LogP contribution in [0.2, 0.25) is 0 Å². The smallest absolute Gasteiger partial charge is 0.243 e. The van der Waals surface area contributed by atoms with Crippen molar-refractivity contribution in [1.82, 2.24) is 4.31 Å². The van der Waals surface area contributed by atoms with E-state index in [2.05, 4.69) is 6.92 Å². The van der Waals surface area contributed by atoms with Gasteiger partial charge in [-0.2, -0.15) is 4.31 Å². The predicted molar refractivity (Wildman–Crippen MR) is 73.6 cm³/mol. The molecule has 1 fully saturated rings. The monoisotopic (exact) mass is 281 g/mol. The first-order chi connectivity index (χ1) is 8.82. The van der Waals surface area contributed by atoms with Gasteiger partial charge in [0.1, 0.15) is 0 Å². The number of benzene rings is 1. The molecule has 0 saturated carbocycles. The minimum atomic E-state index is -3.44. The van der Waals surface area contributed by atoms with Crippen molar-refractivity contribution in [1.29, 1.82) is 0 Å². The topological polar surface area (TPSA) is 54.5 Å². The molecule has 104 valence electrons. The third-order valence-corrected chi connectivity index (χ3v) is 5.59. The molecule has 4 nitrogen and oxygen atoms in total. The van der Waals surface area contributed by atoms with Crippen LogP contribution in [0.25, 0.3) is 0 Å². The van der Waals surface area contributed by atoms with Crippen LogP contribution in [0.4, 0.5) is 0 Å². The summed E-state index contributed by atoms with van der Waals surface area (Å²) in [6, 6.07) is 6.20. The number of carbonyl (C=O) groups excluding carboxylic acids is 1. The lowest BCUT2D eigenvalue weighted by Crippen LogP contribution is -2.34. The molecule has 5 heteroatoms. The van der Waals surface area contributed by atoms with Gasteiger partial charge in [-0.3, -0.25) is 4.79 Å². The third-order valence-electron chi connectivity index (χ3n) is 3.59. The standard InChI is InChI=1S/C14H19NO3S/c1-10-8-11(2)15(9-10)19(17,18)14-6-4-13(5-7-14)12(3)16/h4-7,10-11H,8-9H2,1-3H3. The Morgan fingerprint density at radius 3 is 2.21 bits per heavy atom. The van der Waals surface area contributed by atoms with Gasteiger partial charge in [0.05, 0.1) is 4.90 Å². The van der Waals surface area contributed by atoms with E-state index in [0.717, 1.165) is 6.42 Å². The fourth-order valence-corrected chi connectivity index (χ4v) is 4.35. The second-order valence-electron chi connectivity index (χ2n) is 5.35. The summed E-state index contributed by atoms with van der Waals surface area (Å²) in [6.45, 7) is 6.03. The molecule has 1 aromatic rings. The molecule has 1 heterocycles. The van der Waals surface area contributed by atoms with Gasteiger partial charge in [0, 0.05) is 18.2 Å². The number of hydrogen-bond donors (Lipinski definition) is 0. The minimum absolute atomic E-state index is 0.0347. The van der Waals surface area contributed by atoms with Gasteiger partial charge in [-0.15, -0.1) is 0 Å². The van der Waals surface area contributed by atoms with E-state index in [0.29, 0.717) is 18.0 Å². The zero-order chi connectivity index (χ0) is 14.2. The maximum atomic E-state index is 12.5. The van der Waals surface area contributed by atoms with E-state index < -0.39 is 10.0 Å². The van der Waals surface area contributed by atoms with Gasteiger partial charge >= 0.3 is 0 Å². The molecular weight excluding hydrogens is 262 g/mol. The molecule has 1 aliphatic heterocycles. The van der Waals surface area contributed by atoms with E-state index >= 15 is 0 Å². The Hall–Kier alpha value is -1.20. The van der Waals surface area contributed by atoms with Gasteiger partial charge in [0.15, 0.2) is 5.78 Å². The van der Waals surface area contributed by atoms with Gasteiger partial charge in [-0.05, 0) is 38.3 Å². The molecule has 2 atom stereocenters. The lowest BCUT2D eigenvalue weighted by atomic mass is 10.1. The van der Waals surface area contributed by atoms with Crippen molar-refractivity contribution in [3.63, 3.8) is 0 Å². The third kappa shape index (κ3) is 2.72. The first kappa shape index (κ1) is 14.2. The molecular formula is C14H19NO3S. The lowest BCUT2D eigenvalue weighted by molar-refractivity contribution is 0.101. The van der Waals surface area contributed by atoms with Crippen molar-refractivity contribution >= 4 is 15.8 Å². The predicted octanol–water partition coefficient (Wildman–Crippen LogP) is 2.31. The number of rotatable bonds is 3. The van der Waals surface area contributed by atoms with Gasteiger partial charge in [-0.25, -0.2) is 8.42 Å². The van der Waals surface area contributed by atoms with Crippen LogP contribution in [0, 0.1) is 5.92 Å². The molecule has 1 aliphatic rings. The zero-order valence-corrected chi connectivity index (χ0v) is 12.3. The first-order valence-electron chi connectivity index (χ1n) is 6.45. The molecule has 19 heavy (non-hydrogen) atoms. The Morgan fingerprint density at radius 2 is 1.79 bits per heavy atom. The zero-order valence-electron chi connectivity index (χ0n) is 11.5. The van der Waals surface area contributed by atoms with Crippen molar-refractivity contribution < 1.29 is 13.2 Å².